The molecule has 11 nitrogen and oxygen atoms in total. The normalized spacial score (nSPS) is 15.8. The maximum absolute atomic E-state index is 10.4. The summed E-state index contributed by atoms with van der Waals surface area (Å²) >= 11 is 0. The Labute approximate surface area is 313 Å². The van der Waals surface area contributed by atoms with E-state index >= 15 is 0 Å². The number of hydrogen-bond acceptors (Lipinski definition) is 9. The topological polar surface area (TPSA) is 134 Å². The maximum Gasteiger partial charge on any atom is 0.216 e. The zero-order valence-corrected chi connectivity index (χ0v) is 35.4. The lowest BCUT2D eigenvalue weighted by Gasteiger charge is -2.27. The van der Waals surface area contributed by atoms with Gasteiger partial charge in [0.1, 0.15) is 5.75 Å². The number of nitrogens with zero attached hydrogens (tertiary/aromatic N) is 1. The molecule has 12 heteroatoms. The lowest BCUT2D eigenvalue weighted by Crippen LogP contribution is -2.29. The zero-order chi connectivity index (χ0) is 39.2. The minimum atomic E-state index is -2.97. The van der Waals surface area contributed by atoms with E-state index in [2.05, 4.69) is 77.3 Å². The number of pyridine rings is 1. The molecular weight excluding hydrogens is 671 g/mol. The third kappa shape index (κ3) is 39.2. The van der Waals surface area contributed by atoms with Gasteiger partial charge < -0.3 is 29.0 Å². The van der Waals surface area contributed by atoms with Crippen LogP contribution in [0, 0.1) is 29.6 Å². The average molecular weight is 748 g/mol. The van der Waals surface area contributed by atoms with E-state index in [1.54, 1.807) is 12.4 Å². The fraction of sp³-hybridized carbons (Fsp3) is 0.846. The van der Waals surface area contributed by atoms with Crippen LogP contribution in [0.1, 0.15) is 109 Å². The quantitative estimate of drug-likeness (QED) is 0.204. The molecule has 0 aromatic carbocycles. The van der Waals surface area contributed by atoms with Crippen LogP contribution in [0.4, 0.5) is 0 Å². The molecule has 51 heavy (non-hydrogen) atoms. The summed E-state index contributed by atoms with van der Waals surface area (Å²) in [7, 11) is -2.97. The van der Waals surface area contributed by atoms with E-state index in [1.165, 1.54) is 6.92 Å². The molecule has 2 saturated heterocycles. The summed E-state index contributed by atoms with van der Waals surface area (Å²) in [4.78, 5) is 14.1. The van der Waals surface area contributed by atoms with Crippen LogP contribution >= 0.6 is 0 Å². The molecule has 1 unspecified atom stereocenters. The molecule has 0 aliphatic carbocycles. The largest absolute Gasteiger partial charge is 0.493 e. The summed E-state index contributed by atoms with van der Waals surface area (Å²) in [6.45, 7) is 31.2. The average Bonchev–Trinajstić information content (AvgIpc) is 3.07. The smallest absolute Gasteiger partial charge is 0.216 e. The second-order valence-corrected chi connectivity index (χ2v) is 17.0. The van der Waals surface area contributed by atoms with Gasteiger partial charge in [0.15, 0.2) is 0 Å². The van der Waals surface area contributed by atoms with Crippen molar-refractivity contribution in [3.05, 3.63) is 24.5 Å². The Hall–Kier alpha value is -1.83. The molecule has 1 aromatic heterocycles. The molecule has 2 N–H and O–H groups in total. The molecule has 1 aromatic rings. The Morgan fingerprint density at radius 3 is 1.59 bits per heavy atom. The highest BCUT2D eigenvalue weighted by atomic mass is 32.2. The SMILES string of the molecule is CC(=O)NCC(C)C.CC(C)C(C)OC1CCOCC1.CC(C)CNS(C)(=O)=O.CC(C)COC1CCOCC1.CC(C)COc1ccncc1. The molecule has 0 spiro atoms. The minimum absolute atomic E-state index is 0.0544. The number of nitrogens with one attached hydrogen (secondary N) is 2. The first kappa shape index (κ1) is 51.3. The first-order valence-electron chi connectivity index (χ1n) is 19.0. The fourth-order valence-electron chi connectivity index (χ4n) is 3.81. The monoisotopic (exact) mass is 748 g/mol. The van der Waals surface area contributed by atoms with Crippen molar-refractivity contribution in [1.82, 2.24) is 15.0 Å². The van der Waals surface area contributed by atoms with Gasteiger partial charge in [0.2, 0.25) is 15.9 Å². The van der Waals surface area contributed by atoms with Gasteiger partial charge in [-0.05, 0) is 74.3 Å². The summed E-state index contributed by atoms with van der Waals surface area (Å²) in [5.41, 5.74) is 0. The van der Waals surface area contributed by atoms with Gasteiger partial charge in [-0.25, -0.2) is 13.1 Å². The highest BCUT2D eigenvalue weighted by Crippen LogP contribution is 2.16. The van der Waals surface area contributed by atoms with E-state index in [0.717, 1.165) is 83.9 Å². The van der Waals surface area contributed by atoms with Crippen molar-refractivity contribution < 1.29 is 36.9 Å². The number of aromatic nitrogens is 1. The van der Waals surface area contributed by atoms with E-state index < -0.39 is 10.0 Å². The molecule has 2 aliphatic rings. The molecule has 302 valence electrons. The number of amides is 1. The van der Waals surface area contributed by atoms with Crippen LogP contribution in [0.25, 0.3) is 0 Å². The van der Waals surface area contributed by atoms with Crippen molar-refractivity contribution in [2.45, 2.75) is 127 Å². The molecule has 0 saturated carbocycles. The van der Waals surface area contributed by atoms with Crippen molar-refractivity contribution in [3.63, 3.8) is 0 Å². The fourth-order valence-corrected chi connectivity index (χ4v) is 4.44. The zero-order valence-electron chi connectivity index (χ0n) is 34.5. The third-order valence-corrected chi connectivity index (χ3v) is 7.78. The second kappa shape index (κ2) is 31.7. The van der Waals surface area contributed by atoms with Crippen LogP contribution in [-0.4, -0.2) is 96.6 Å². The van der Waals surface area contributed by atoms with Gasteiger partial charge in [0, 0.05) is 65.4 Å². The van der Waals surface area contributed by atoms with E-state index in [9.17, 15) is 13.2 Å². The Morgan fingerprint density at radius 1 is 0.765 bits per heavy atom. The number of hydrogen-bond donors (Lipinski definition) is 2. The first-order valence-corrected chi connectivity index (χ1v) is 20.9. The summed E-state index contributed by atoms with van der Waals surface area (Å²) in [5.74, 6) is 3.72. The van der Waals surface area contributed by atoms with Crippen molar-refractivity contribution in [3.8, 4) is 5.75 Å². The van der Waals surface area contributed by atoms with Gasteiger partial charge in [-0.1, -0.05) is 69.2 Å². The van der Waals surface area contributed by atoms with Crippen LogP contribution in [-0.2, 0) is 33.8 Å². The van der Waals surface area contributed by atoms with Crippen LogP contribution in [0.15, 0.2) is 24.5 Å². The van der Waals surface area contributed by atoms with Gasteiger partial charge in [-0.3, -0.25) is 9.78 Å². The van der Waals surface area contributed by atoms with E-state index in [4.69, 9.17) is 23.7 Å². The number of ether oxygens (including phenoxy) is 5. The highest BCUT2D eigenvalue weighted by molar-refractivity contribution is 7.88. The predicted octanol–water partition coefficient (Wildman–Crippen LogP) is 7.15. The molecule has 1 atom stereocenters. The Morgan fingerprint density at radius 2 is 1.24 bits per heavy atom. The third-order valence-electron chi connectivity index (χ3n) is 7.09. The molecule has 2 aliphatic heterocycles. The lowest BCUT2D eigenvalue weighted by atomic mass is 10.1. The van der Waals surface area contributed by atoms with Crippen molar-refractivity contribution >= 4 is 15.9 Å². The molecule has 3 rings (SSSR count). The number of carbonyl (C=O) groups is 1. The van der Waals surface area contributed by atoms with E-state index in [-0.39, 0.29) is 5.91 Å². The molecule has 0 radical (unpaired) electrons. The lowest BCUT2D eigenvalue weighted by molar-refractivity contribution is -0.119. The van der Waals surface area contributed by atoms with Crippen LogP contribution in [0.2, 0.25) is 0 Å². The molecule has 0 bridgehead atoms. The second-order valence-electron chi connectivity index (χ2n) is 15.2. The Kier molecular flexibility index (Phi) is 31.8. The van der Waals surface area contributed by atoms with Gasteiger partial charge in [0.05, 0.1) is 31.2 Å². The summed E-state index contributed by atoms with van der Waals surface area (Å²) in [6.07, 6.45) is 10.2. The number of rotatable bonds is 14. The highest BCUT2D eigenvalue weighted by Gasteiger charge is 2.18. The van der Waals surface area contributed by atoms with E-state index in [1.807, 2.05) is 26.0 Å². The van der Waals surface area contributed by atoms with Crippen LogP contribution in [0.3, 0.4) is 0 Å². The number of carbonyl (C=O) groups excluding carboxylic acids is 1. The van der Waals surface area contributed by atoms with Crippen molar-refractivity contribution in [1.29, 1.82) is 0 Å². The molecule has 3 heterocycles. The molecule has 2 fully saturated rings. The Bertz CT molecular complexity index is 1030. The molecule has 1 amide bonds. The summed E-state index contributed by atoms with van der Waals surface area (Å²) < 4.78 is 50.7. The first-order chi connectivity index (χ1) is 23.8. The van der Waals surface area contributed by atoms with Crippen LogP contribution < -0.4 is 14.8 Å². The van der Waals surface area contributed by atoms with Gasteiger partial charge >= 0.3 is 0 Å². The minimum Gasteiger partial charge on any atom is -0.493 e. The standard InChI is InChI=1S/C10H20O2.C9H13NO.C9H18O2.C6H13NO.C5H13NO2S/c1-8(2)9(3)12-10-4-6-11-7-5-10;2*1-8(2)7-11-9-3-5-10-6-4-9;1-5(2)4-7-6(3)8;1-5(2)4-6-9(3,7)8/h8-10H,4-7H2,1-3H3;3-6,8H,7H2,1-2H3;8-9H,3-7H2,1-2H3;5H,4H2,1-3H3,(H,7,8);5-6H,4H2,1-3H3. The Balaban J connectivity index is 0. The molecular formula is C39H77N3O8S. The van der Waals surface area contributed by atoms with Gasteiger partial charge in [-0.2, -0.15) is 0 Å². The van der Waals surface area contributed by atoms with Gasteiger partial charge in [0.25, 0.3) is 0 Å². The summed E-state index contributed by atoms with van der Waals surface area (Å²) in [6, 6.07) is 3.73. The number of sulfonamides is 1. The van der Waals surface area contributed by atoms with Crippen LogP contribution in [0.5, 0.6) is 5.75 Å². The maximum atomic E-state index is 10.4. The van der Waals surface area contributed by atoms with Crippen molar-refractivity contribution in [2.75, 3.05) is 59.0 Å². The van der Waals surface area contributed by atoms with Gasteiger partial charge in [-0.15, -0.1) is 0 Å². The van der Waals surface area contributed by atoms with Crippen molar-refractivity contribution in [2.24, 2.45) is 29.6 Å². The predicted molar refractivity (Wildman–Crippen MR) is 210 cm³/mol. The van der Waals surface area contributed by atoms with E-state index in [0.29, 0.717) is 54.4 Å². The summed E-state index contributed by atoms with van der Waals surface area (Å²) in [5, 5.41) is 2.71.